The number of ether oxygens (including phenoxy) is 3. The van der Waals surface area contributed by atoms with Gasteiger partial charge in [0, 0.05) is 37.2 Å². The molecule has 158 valence electrons. The highest BCUT2D eigenvalue weighted by Gasteiger charge is 2.21. The second-order valence-electron chi connectivity index (χ2n) is 6.58. The Kier molecular flexibility index (Phi) is 8.81. The summed E-state index contributed by atoms with van der Waals surface area (Å²) in [7, 11) is 3.35. The lowest BCUT2D eigenvalue weighted by Gasteiger charge is -2.15. The van der Waals surface area contributed by atoms with E-state index in [0.29, 0.717) is 31.5 Å². The number of hydrogen-bond acceptors (Lipinski definition) is 5. The molecule has 0 bridgehead atoms. The fraction of sp³-hybridized carbons (Fsp3) is 0.429. The lowest BCUT2D eigenvalue weighted by Crippen LogP contribution is -2.36. The van der Waals surface area contributed by atoms with Gasteiger partial charge in [-0.15, -0.1) is 24.0 Å². The highest BCUT2D eigenvalue weighted by molar-refractivity contribution is 14.0. The van der Waals surface area contributed by atoms with Gasteiger partial charge in [0.25, 0.3) is 0 Å². The number of aromatic nitrogens is 1. The van der Waals surface area contributed by atoms with Crippen LogP contribution in [0.2, 0.25) is 0 Å². The van der Waals surface area contributed by atoms with Crippen molar-refractivity contribution in [2.45, 2.75) is 39.5 Å². The third-order valence-electron chi connectivity index (χ3n) is 4.48. The van der Waals surface area contributed by atoms with Crippen molar-refractivity contribution in [3.8, 4) is 17.4 Å². The maximum absolute atomic E-state index is 5.89. The first-order valence-electron chi connectivity index (χ1n) is 9.52. The van der Waals surface area contributed by atoms with Crippen molar-refractivity contribution in [3.05, 3.63) is 47.2 Å². The summed E-state index contributed by atoms with van der Waals surface area (Å²) in [6.45, 7) is 5.81. The van der Waals surface area contributed by atoms with Gasteiger partial charge < -0.3 is 24.8 Å². The van der Waals surface area contributed by atoms with Crippen LogP contribution < -0.4 is 24.8 Å². The van der Waals surface area contributed by atoms with Gasteiger partial charge in [-0.3, -0.25) is 4.99 Å². The number of aliphatic imine (C=N–C) groups is 1. The summed E-state index contributed by atoms with van der Waals surface area (Å²) in [5.41, 5.74) is 3.11. The van der Waals surface area contributed by atoms with Crippen molar-refractivity contribution >= 4 is 29.9 Å². The number of methoxy groups -OCH3 is 1. The predicted molar refractivity (Wildman–Crippen MR) is 125 cm³/mol. The monoisotopic (exact) mass is 512 g/mol. The number of guanidine groups is 1. The molecule has 1 atom stereocenters. The quantitative estimate of drug-likeness (QED) is 0.337. The van der Waals surface area contributed by atoms with Gasteiger partial charge >= 0.3 is 0 Å². The van der Waals surface area contributed by atoms with Crippen molar-refractivity contribution in [3.63, 3.8) is 0 Å². The molecule has 0 radical (unpaired) electrons. The van der Waals surface area contributed by atoms with E-state index in [4.69, 9.17) is 14.2 Å². The SMILES string of the molecule is CCOc1cc2c(cc1CNC(=NC)NCc1cccc(OC)n1)OC(C)C2.I. The smallest absolute Gasteiger partial charge is 0.213 e. The Labute approximate surface area is 189 Å². The summed E-state index contributed by atoms with van der Waals surface area (Å²) >= 11 is 0. The second-order valence-corrected chi connectivity index (χ2v) is 6.58. The van der Waals surface area contributed by atoms with Crippen LogP contribution in [-0.2, 0) is 19.5 Å². The summed E-state index contributed by atoms with van der Waals surface area (Å²) in [5, 5.41) is 6.60. The van der Waals surface area contributed by atoms with Crippen LogP contribution in [0.4, 0.5) is 0 Å². The number of benzene rings is 1. The molecular weight excluding hydrogens is 483 g/mol. The first kappa shape index (κ1) is 23.1. The van der Waals surface area contributed by atoms with Gasteiger partial charge in [0.2, 0.25) is 5.88 Å². The van der Waals surface area contributed by atoms with E-state index in [1.54, 1.807) is 14.2 Å². The molecule has 0 saturated heterocycles. The average molecular weight is 512 g/mol. The lowest BCUT2D eigenvalue weighted by atomic mass is 10.1. The van der Waals surface area contributed by atoms with Gasteiger partial charge in [-0.1, -0.05) is 6.07 Å². The maximum Gasteiger partial charge on any atom is 0.213 e. The first-order valence-corrected chi connectivity index (χ1v) is 9.52. The highest BCUT2D eigenvalue weighted by atomic mass is 127. The topological polar surface area (TPSA) is 77.0 Å². The fourth-order valence-corrected chi connectivity index (χ4v) is 3.15. The molecule has 0 fully saturated rings. The van der Waals surface area contributed by atoms with E-state index >= 15 is 0 Å². The van der Waals surface area contributed by atoms with Crippen LogP contribution in [0.25, 0.3) is 0 Å². The van der Waals surface area contributed by atoms with Crippen molar-refractivity contribution in [2.24, 2.45) is 4.99 Å². The van der Waals surface area contributed by atoms with E-state index in [1.807, 2.05) is 25.1 Å². The molecule has 3 rings (SSSR count). The summed E-state index contributed by atoms with van der Waals surface area (Å²) in [6, 6.07) is 9.83. The Bertz CT molecular complexity index is 845. The van der Waals surface area contributed by atoms with E-state index in [0.717, 1.165) is 29.2 Å². The average Bonchev–Trinajstić information content (AvgIpc) is 3.07. The van der Waals surface area contributed by atoms with Crippen molar-refractivity contribution in [2.75, 3.05) is 20.8 Å². The number of pyridine rings is 1. The highest BCUT2D eigenvalue weighted by Crippen LogP contribution is 2.35. The molecule has 2 heterocycles. The number of hydrogen-bond donors (Lipinski definition) is 2. The third-order valence-corrected chi connectivity index (χ3v) is 4.48. The summed E-state index contributed by atoms with van der Waals surface area (Å²) in [4.78, 5) is 8.68. The van der Waals surface area contributed by atoms with Gasteiger partial charge in [-0.05, 0) is 32.0 Å². The van der Waals surface area contributed by atoms with E-state index < -0.39 is 0 Å². The second kappa shape index (κ2) is 11.1. The summed E-state index contributed by atoms with van der Waals surface area (Å²) in [6.07, 6.45) is 1.12. The van der Waals surface area contributed by atoms with Crippen molar-refractivity contribution < 1.29 is 14.2 Å². The molecule has 1 unspecified atom stereocenters. The largest absolute Gasteiger partial charge is 0.494 e. The third kappa shape index (κ3) is 6.12. The predicted octanol–water partition coefficient (Wildman–Crippen LogP) is 3.30. The number of halogens is 1. The minimum atomic E-state index is 0. The molecule has 0 saturated carbocycles. The number of fused-ring (bicyclic) bond motifs is 1. The summed E-state index contributed by atoms with van der Waals surface area (Å²) in [5.74, 6) is 3.10. The molecule has 1 aliphatic rings. The zero-order chi connectivity index (χ0) is 19.9. The van der Waals surface area contributed by atoms with Crippen LogP contribution in [0, 0.1) is 0 Å². The Morgan fingerprint density at radius 2 is 2.07 bits per heavy atom. The van der Waals surface area contributed by atoms with Crippen LogP contribution in [-0.4, -0.2) is 37.8 Å². The van der Waals surface area contributed by atoms with Crippen molar-refractivity contribution in [1.82, 2.24) is 15.6 Å². The molecule has 0 aliphatic carbocycles. The summed E-state index contributed by atoms with van der Waals surface area (Å²) < 4.78 is 16.9. The molecule has 1 aromatic carbocycles. The Balaban J connectivity index is 0.00000300. The molecule has 0 spiro atoms. The normalized spacial score (nSPS) is 15.0. The van der Waals surface area contributed by atoms with E-state index in [1.165, 1.54) is 5.56 Å². The molecule has 1 aromatic heterocycles. The van der Waals surface area contributed by atoms with Crippen molar-refractivity contribution in [1.29, 1.82) is 0 Å². The maximum atomic E-state index is 5.89. The number of nitrogens with one attached hydrogen (secondary N) is 2. The Morgan fingerprint density at radius 1 is 1.28 bits per heavy atom. The molecule has 7 nitrogen and oxygen atoms in total. The van der Waals surface area contributed by atoms with E-state index in [9.17, 15) is 0 Å². The minimum absolute atomic E-state index is 0. The van der Waals surface area contributed by atoms with Crippen LogP contribution in [0.15, 0.2) is 35.3 Å². The molecular formula is C21H29IN4O3. The molecule has 8 heteroatoms. The van der Waals surface area contributed by atoms with Crippen LogP contribution in [0.5, 0.6) is 17.4 Å². The van der Waals surface area contributed by atoms with E-state index in [-0.39, 0.29) is 30.1 Å². The number of rotatable bonds is 7. The van der Waals surface area contributed by atoms with Gasteiger partial charge in [-0.25, -0.2) is 4.98 Å². The number of nitrogens with zero attached hydrogens (tertiary/aromatic N) is 2. The molecule has 29 heavy (non-hydrogen) atoms. The van der Waals surface area contributed by atoms with Crippen LogP contribution in [0.3, 0.4) is 0 Å². The first-order chi connectivity index (χ1) is 13.6. The Morgan fingerprint density at radius 3 is 2.79 bits per heavy atom. The van der Waals surface area contributed by atoms with E-state index in [2.05, 4.69) is 39.7 Å². The molecule has 0 amide bonds. The zero-order valence-electron chi connectivity index (χ0n) is 17.3. The molecule has 2 aromatic rings. The van der Waals surface area contributed by atoms with Gasteiger partial charge in [0.15, 0.2) is 5.96 Å². The molecule has 1 aliphatic heterocycles. The Hall–Kier alpha value is -2.23. The molecule has 2 N–H and O–H groups in total. The van der Waals surface area contributed by atoms with Crippen LogP contribution in [0.1, 0.15) is 30.7 Å². The van der Waals surface area contributed by atoms with Gasteiger partial charge in [0.05, 0.1) is 26.0 Å². The zero-order valence-corrected chi connectivity index (χ0v) is 19.7. The van der Waals surface area contributed by atoms with Gasteiger partial charge in [0.1, 0.15) is 17.6 Å². The fourth-order valence-electron chi connectivity index (χ4n) is 3.15. The minimum Gasteiger partial charge on any atom is -0.494 e. The van der Waals surface area contributed by atoms with Crippen LogP contribution >= 0.6 is 24.0 Å². The lowest BCUT2D eigenvalue weighted by molar-refractivity contribution is 0.254. The standard InChI is InChI=1S/C21H28N4O3.HI/c1-5-27-18-10-15-9-14(2)28-19(15)11-16(18)12-23-21(22-3)24-13-17-7-6-8-20(25-17)26-4;/h6-8,10-11,14H,5,9,12-13H2,1-4H3,(H2,22,23,24);1H. The van der Waals surface area contributed by atoms with Gasteiger partial charge in [-0.2, -0.15) is 0 Å².